The molecule has 1 aliphatic rings. The molecular formula is C22H23N3O2S. The zero-order valence-corrected chi connectivity index (χ0v) is 16.5. The Morgan fingerprint density at radius 2 is 1.89 bits per heavy atom. The molecule has 28 heavy (non-hydrogen) atoms. The van der Waals surface area contributed by atoms with Crippen molar-refractivity contribution >= 4 is 29.0 Å². The summed E-state index contributed by atoms with van der Waals surface area (Å²) in [5.74, 6) is 0.806. The van der Waals surface area contributed by atoms with E-state index < -0.39 is 0 Å². The monoisotopic (exact) mass is 393 g/mol. The Morgan fingerprint density at radius 3 is 2.75 bits per heavy atom. The van der Waals surface area contributed by atoms with Gasteiger partial charge < -0.3 is 5.32 Å². The second-order valence-corrected chi connectivity index (χ2v) is 8.14. The largest absolute Gasteiger partial charge is 0.325 e. The molecule has 1 N–H and O–H groups in total. The van der Waals surface area contributed by atoms with Gasteiger partial charge in [-0.25, -0.2) is 4.98 Å². The summed E-state index contributed by atoms with van der Waals surface area (Å²) in [5.41, 5.74) is 2.12. The Bertz CT molecular complexity index is 1040. The van der Waals surface area contributed by atoms with Gasteiger partial charge in [0.1, 0.15) is 5.65 Å². The van der Waals surface area contributed by atoms with E-state index in [4.69, 9.17) is 0 Å². The van der Waals surface area contributed by atoms with Gasteiger partial charge in [0.15, 0.2) is 0 Å². The van der Waals surface area contributed by atoms with Gasteiger partial charge in [0.25, 0.3) is 5.56 Å². The van der Waals surface area contributed by atoms with Gasteiger partial charge in [-0.1, -0.05) is 37.5 Å². The van der Waals surface area contributed by atoms with Crippen molar-refractivity contribution in [2.24, 2.45) is 5.92 Å². The van der Waals surface area contributed by atoms with Crippen molar-refractivity contribution in [2.75, 3.05) is 5.32 Å². The summed E-state index contributed by atoms with van der Waals surface area (Å²) in [7, 11) is 0. The van der Waals surface area contributed by atoms with Crippen molar-refractivity contribution in [1.29, 1.82) is 0 Å². The molecule has 0 radical (unpaired) electrons. The van der Waals surface area contributed by atoms with Crippen LogP contribution in [-0.4, -0.2) is 15.3 Å². The molecule has 5 nitrogen and oxygen atoms in total. The highest BCUT2D eigenvalue weighted by Crippen LogP contribution is 2.31. The highest BCUT2D eigenvalue weighted by molar-refractivity contribution is 7.98. The van der Waals surface area contributed by atoms with Gasteiger partial charge in [-0.15, -0.1) is 11.8 Å². The van der Waals surface area contributed by atoms with Gasteiger partial charge in [-0.3, -0.25) is 14.0 Å². The number of amides is 1. The van der Waals surface area contributed by atoms with Gasteiger partial charge >= 0.3 is 0 Å². The van der Waals surface area contributed by atoms with E-state index >= 15 is 0 Å². The lowest BCUT2D eigenvalue weighted by Gasteiger charge is -2.21. The minimum absolute atomic E-state index is 0.0833. The molecule has 0 aliphatic heterocycles. The Kier molecular flexibility index (Phi) is 5.76. The average molecular weight is 394 g/mol. The Morgan fingerprint density at radius 1 is 1.11 bits per heavy atom. The number of rotatable bonds is 5. The molecule has 0 saturated heterocycles. The normalized spacial score (nSPS) is 14.9. The van der Waals surface area contributed by atoms with E-state index in [1.54, 1.807) is 24.0 Å². The molecule has 0 bridgehead atoms. The number of hydrogen-bond acceptors (Lipinski definition) is 4. The van der Waals surface area contributed by atoms with E-state index in [1.165, 1.54) is 10.8 Å². The molecule has 1 amide bonds. The van der Waals surface area contributed by atoms with E-state index in [1.807, 2.05) is 42.5 Å². The Hall–Kier alpha value is -2.60. The van der Waals surface area contributed by atoms with Crippen molar-refractivity contribution < 1.29 is 4.79 Å². The van der Waals surface area contributed by atoms with Crippen molar-refractivity contribution in [2.45, 2.75) is 42.8 Å². The van der Waals surface area contributed by atoms with E-state index in [0.717, 1.165) is 42.0 Å². The van der Waals surface area contributed by atoms with Crippen LogP contribution in [0.4, 0.5) is 5.69 Å². The van der Waals surface area contributed by atoms with Crippen LogP contribution in [0.1, 0.15) is 37.8 Å². The number of nitrogens with zero attached hydrogens (tertiary/aromatic N) is 2. The minimum atomic E-state index is -0.0833. The van der Waals surface area contributed by atoms with Crippen LogP contribution in [0, 0.1) is 5.92 Å². The lowest BCUT2D eigenvalue weighted by atomic mass is 9.88. The van der Waals surface area contributed by atoms with E-state index in [2.05, 4.69) is 10.3 Å². The first-order valence-electron chi connectivity index (χ1n) is 9.71. The molecule has 144 valence electrons. The van der Waals surface area contributed by atoms with Gasteiger partial charge in [-0.2, -0.15) is 0 Å². The number of aromatic nitrogens is 2. The molecule has 1 fully saturated rings. The van der Waals surface area contributed by atoms with Crippen LogP contribution in [-0.2, 0) is 10.5 Å². The van der Waals surface area contributed by atoms with Gasteiger partial charge in [0.05, 0.1) is 11.4 Å². The second kappa shape index (κ2) is 8.61. The van der Waals surface area contributed by atoms with Crippen LogP contribution >= 0.6 is 11.8 Å². The summed E-state index contributed by atoms with van der Waals surface area (Å²) >= 11 is 1.58. The zero-order chi connectivity index (χ0) is 19.3. The van der Waals surface area contributed by atoms with Crippen LogP contribution in [0.15, 0.2) is 64.4 Å². The number of thioether (sulfide) groups is 1. The third-order valence-corrected chi connectivity index (χ3v) is 6.23. The number of carbonyl (C=O) groups excluding carboxylic acids is 1. The summed E-state index contributed by atoms with van der Waals surface area (Å²) in [6, 6.07) is 14.9. The SMILES string of the molecule is O=C(Nc1ccccc1SCc1cc(=O)n2ccccc2n1)C1CCCCC1. The summed E-state index contributed by atoms with van der Waals surface area (Å²) < 4.78 is 1.53. The highest BCUT2D eigenvalue weighted by atomic mass is 32.2. The third-order valence-electron chi connectivity index (χ3n) is 5.12. The van der Waals surface area contributed by atoms with E-state index in [-0.39, 0.29) is 17.4 Å². The molecule has 1 aliphatic carbocycles. The van der Waals surface area contributed by atoms with Gasteiger partial charge in [0, 0.05) is 28.8 Å². The van der Waals surface area contributed by atoms with Crippen LogP contribution in [0.3, 0.4) is 0 Å². The second-order valence-electron chi connectivity index (χ2n) is 7.12. The van der Waals surface area contributed by atoms with Crippen LogP contribution < -0.4 is 10.9 Å². The molecule has 0 spiro atoms. The van der Waals surface area contributed by atoms with Crippen LogP contribution in [0.2, 0.25) is 0 Å². The maximum Gasteiger partial charge on any atom is 0.258 e. The van der Waals surface area contributed by atoms with Crippen molar-refractivity contribution in [3.05, 3.63) is 70.8 Å². The zero-order valence-electron chi connectivity index (χ0n) is 15.6. The number of carbonyl (C=O) groups is 1. The summed E-state index contributed by atoms with van der Waals surface area (Å²) in [6.07, 6.45) is 7.18. The first-order chi connectivity index (χ1) is 13.7. The fourth-order valence-electron chi connectivity index (χ4n) is 3.62. The van der Waals surface area contributed by atoms with E-state index in [0.29, 0.717) is 11.4 Å². The standard InChI is InChI=1S/C22H23N3O2S/c26-21-14-17(23-20-12-6-7-13-25(20)21)15-28-19-11-5-4-10-18(19)24-22(27)16-8-2-1-3-9-16/h4-7,10-14,16H,1-3,8-9,15H2,(H,24,27). The molecule has 0 unspecified atom stereocenters. The number of pyridine rings is 1. The summed E-state index contributed by atoms with van der Waals surface area (Å²) in [6.45, 7) is 0. The molecular weight excluding hydrogens is 370 g/mol. The predicted octanol–water partition coefficient (Wildman–Crippen LogP) is 4.51. The quantitative estimate of drug-likeness (QED) is 0.648. The van der Waals surface area contributed by atoms with Crippen molar-refractivity contribution in [3.8, 4) is 0 Å². The third kappa shape index (κ3) is 4.28. The molecule has 2 heterocycles. The fraction of sp³-hybridized carbons (Fsp3) is 0.318. The predicted molar refractivity (Wildman–Crippen MR) is 113 cm³/mol. The molecule has 0 atom stereocenters. The molecule has 3 aromatic rings. The van der Waals surface area contributed by atoms with Crippen LogP contribution in [0.5, 0.6) is 0 Å². The number of anilines is 1. The molecule has 1 aromatic carbocycles. The maximum atomic E-state index is 12.6. The smallest absolute Gasteiger partial charge is 0.258 e. The first-order valence-corrected chi connectivity index (χ1v) is 10.7. The van der Waals surface area contributed by atoms with Gasteiger partial charge in [0.2, 0.25) is 5.91 Å². The van der Waals surface area contributed by atoms with Gasteiger partial charge in [-0.05, 0) is 37.1 Å². The van der Waals surface area contributed by atoms with Crippen molar-refractivity contribution in [1.82, 2.24) is 9.38 Å². The summed E-state index contributed by atoms with van der Waals surface area (Å²) in [5, 5.41) is 3.11. The fourth-order valence-corrected chi connectivity index (χ4v) is 4.52. The molecule has 2 aromatic heterocycles. The number of fused-ring (bicyclic) bond motifs is 1. The lowest BCUT2D eigenvalue weighted by Crippen LogP contribution is -2.24. The minimum Gasteiger partial charge on any atom is -0.325 e. The van der Waals surface area contributed by atoms with E-state index in [9.17, 15) is 9.59 Å². The Labute approximate surface area is 168 Å². The lowest BCUT2D eigenvalue weighted by molar-refractivity contribution is -0.120. The number of nitrogens with one attached hydrogen (secondary N) is 1. The first kappa shape index (κ1) is 18.7. The summed E-state index contributed by atoms with van der Waals surface area (Å²) in [4.78, 5) is 30.4. The molecule has 4 rings (SSSR count). The van der Waals surface area contributed by atoms with Crippen molar-refractivity contribution in [3.63, 3.8) is 0 Å². The maximum absolute atomic E-state index is 12.6. The molecule has 6 heteroatoms. The Balaban J connectivity index is 1.48. The number of benzene rings is 1. The van der Waals surface area contributed by atoms with Crippen LogP contribution in [0.25, 0.3) is 5.65 Å². The molecule has 1 saturated carbocycles. The average Bonchev–Trinajstić information content (AvgIpc) is 2.74. The highest BCUT2D eigenvalue weighted by Gasteiger charge is 2.21. The number of hydrogen-bond donors (Lipinski definition) is 1. The number of para-hydroxylation sites is 1. The topological polar surface area (TPSA) is 63.5 Å².